The van der Waals surface area contributed by atoms with Crippen molar-refractivity contribution in [1.29, 1.82) is 10.5 Å². The van der Waals surface area contributed by atoms with E-state index < -0.39 is 0 Å². The van der Waals surface area contributed by atoms with Gasteiger partial charge in [-0.2, -0.15) is 10.5 Å². The van der Waals surface area contributed by atoms with Crippen LogP contribution in [0.2, 0.25) is 0 Å². The molecule has 54 valence electrons. The Morgan fingerprint density at radius 2 is 2.09 bits per heavy atom. The lowest BCUT2D eigenvalue weighted by atomic mass is 10.2. The average molecular weight is 146 g/mol. The fourth-order valence-corrected chi connectivity index (χ4v) is 0.790. The molecular weight excluding hydrogens is 140 g/mol. The molecule has 1 heterocycles. The van der Waals surface area contributed by atoms with Crippen LogP contribution >= 0.6 is 0 Å². The first-order valence-corrected chi connectivity index (χ1v) is 3.19. The van der Waals surface area contributed by atoms with Crippen LogP contribution < -0.4 is 0 Å². The normalized spacial score (nSPS) is 14.5. The highest BCUT2D eigenvalue weighted by Crippen LogP contribution is 2.14. The zero-order valence-corrected chi connectivity index (χ0v) is 5.87. The van der Waals surface area contributed by atoms with Gasteiger partial charge in [-0.3, -0.25) is 0 Å². The Morgan fingerprint density at radius 3 is 2.55 bits per heavy atom. The smallest absolute Gasteiger partial charge is 0.167 e. The maximum atomic E-state index is 8.44. The summed E-state index contributed by atoms with van der Waals surface area (Å²) in [6.07, 6.45) is 4.29. The molecule has 0 aliphatic carbocycles. The Morgan fingerprint density at radius 1 is 1.36 bits per heavy atom. The van der Waals surface area contributed by atoms with Gasteiger partial charge in [0.05, 0.1) is 0 Å². The van der Waals surface area contributed by atoms with Crippen molar-refractivity contribution in [3.8, 4) is 12.1 Å². The SMILES string of the molecule is N#CC(C#N)=C1CC=CCO1. The van der Waals surface area contributed by atoms with Crippen LogP contribution in [-0.2, 0) is 4.74 Å². The molecule has 0 unspecified atom stereocenters. The van der Waals surface area contributed by atoms with Gasteiger partial charge in [0.15, 0.2) is 5.57 Å². The van der Waals surface area contributed by atoms with Crippen molar-refractivity contribution in [2.75, 3.05) is 6.61 Å². The van der Waals surface area contributed by atoms with Crippen LogP contribution in [0.15, 0.2) is 23.5 Å². The lowest BCUT2D eigenvalue weighted by Gasteiger charge is -2.09. The van der Waals surface area contributed by atoms with Gasteiger partial charge >= 0.3 is 0 Å². The molecule has 0 fully saturated rings. The summed E-state index contributed by atoms with van der Waals surface area (Å²) in [6.45, 7) is 0.461. The van der Waals surface area contributed by atoms with E-state index in [0.717, 1.165) is 0 Å². The highest BCUT2D eigenvalue weighted by atomic mass is 16.5. The minimum Gasteiger partial charge on any atom is -0.491 e. The highest BCUT2D eigenvalue weighted by Gasteiger charge is 2.07. The minimum atomic E-state index is 0.0781. The third-order valence-electron chi connectivity index (χ3n) is 1.33. The molecule has 0 atom stereocenters. The summed E-state index contributed by atoms with van der Waals surface area (Å²) in [6, 6.07) is 3.56. The number of ether oxygens (including phenoxy) is 1. The number of allylic oxidation sites excluding steroid dienone is 2. The molecule has 0 saturated heterocycles. The van der Waals surface area contributed by atoms with Crippen molar-refractivity contribution in [2.45, 2.75) is 6.42 Å². The molecule has 0 aromatic rings. The Kier molecular flexibility index (Phi) is 2.30. The van der Waals surface area contributed by atoms with Gasteiger partial charge in [-0.25, -0.2) is 0 Å². The van der Waals surface area contributed by atoms with E-state index in [2.05, 4.69) is 0 Å². The zero-order valence-electron chi connectivity index (χ0n) is 5.87. The van der Waals surface area contributed by atoms with E-state index in [1.54, 1.807) is 12.1 Å². The maximum Gasteiger partial charge on any atom is 0.167 e. The molecule has 3 heteroatoms. The molecule has 0 bridgehead atoms. The van der Waals surface area contributed by atoms with E-state index in [9.17, 15) is 0 Å². The predicted molar refractivity (Wildman–Crippen MR) is 38.0 cm³/mol. The van der Waals surface area contributed by atoms with Crippen LogP contribution in [0.5, 0.6) is 0 Å². The average Bonchev–Trinajstić information content (AvgIpc) is 2.09. The third-order valence-corrected chi connectivity index (χ3v) is 1.33. The van der Waals surface area contributed by atoms with Crippen LogP contribution in [0, 0.1) is 22.7 Å². The van der Waals surface area contributed by atoms with Crippen LogP contribution in [0.3, 0.4) is 0 Å². The quantitative estimate of drug-likeness (QED) is 0.382. The molecule has 0 saturated carbocycles. The second-order valence-corrected chi connectivity index (χ2v) is 2.01. The molecule has 0 N–H and O–H groups in total. The molecule has 0 aromatic carbocycles. The standard InChI is InChI=1S/C8H6N2O/c9-5-7(6-10)8-3-1-2-4-11-8/h1-2H,3-4H2. The molecular formula is C8H6N2O. The van der Waals surface area contributed by atoms with Crippen molar-refractivity contribution in [3.63, 3.8) is 0 Å². The van der Waals surface area contributed by atoms with E-state index in [4.69, 9.17) is 15.3 Å². The summed E-state index contributed by atoms with van der Waals surface area (Å²) in [5, 5.41) is 16.9. The van der Waals surface area contributed by atoms with Crippen molar-refractivity contribution < 1.29 is 4.74 Å². The molecule has 11 heavy (non-hydrogen) atoms. The topological polar surface area (TPSA) is 56.8 Å². The second kappa shape index (κ2) is 3.43. The van der Waals surface area contributed by atoms with Gasteiger partial charge in [-0.05, 0) is 0 Å². The van der Waals surface area contributed by atoms with Crippen molar-refractivity contribution in [2.24, 2.45) is 0 Å². The summed E-state index contributed by atoms with van der Waals surface area (Å²) in [5.41, 5.74) is 0.0781. The molecule has 0 radical (unpaired) electrons. The van der Waals surface area contributed by atoms with Crippen LogP contribution in [0.4, 0.5) is 0 Å². The Balaban J connectivity index is 2.89. The number of hydrogen-bond acceptors (Lipinski definition) is 3. The number of hydrogen-bond donors (Lipinski definition) is 0. The van der Waals surface area contributed by atoms with E-state index >= 15 is 0 Å². The number of rotatable bonds is 0. The summed E-state index contributed by atoms with van der Waals surface area (Å²) in [5.74, 6) is 0.484. The Hall–Kier alpha value is -1.74. The second-order valence-electron chi connectivity index (χ2n) is 2.01. The molecule has 3 nitrogen and oxygen atoms in total. The van der Waals surface area contributed by atoms with Gasteiger partial charge in [-0.15, -0.1) is 0 Å². The third kappa shape index (κ3) is 1.59. The molecule has 1 rings (SSSR count). The van der Waals surface area contributed by atoms with Gasteiger partial charge in [0, 0.05) is 6.42 Å². The predicted octanol–water partition coefficient (Wildman–Crippen LogP) is 1.26. The highest BCUT2D eigenvalue weighted by molar-refractivity contribution is 5.39. The molecule has 0 amide bonds. The Bertz CT molecular complexity index is 272. The minimum absolute atomic E-state index is 0.0781. The molecule has 1 aliphatic rings. The Labute approximate surface area is 64.8 Å². The monoisotopic (exact) mass is 146 g/mol. The van der Waals surface area contributed by atoms with Crippen molar-refractivity contribution in [1.82, 2.24) is 0 Å². The fraction of sp³-hybridized carbons (Fsp3) is 0.250. The number of nitriles is 2. The van der Waals surface area contributed by atoms with Crippen LogP contribution in [0.1, 0.15) is 6.42 Å². The van der Waals surface area contributed by atoms with Gasteiger partial charge in [0.1, 0.15) is 24.5 Å². The van der Waals surface area contributed by atoms with Gasteiger partial charge in [0.2, 0.25) is 0 Å². The van der Waals surface area contributed by atoms with Crippen LogP contribution in [0.25, 0.3) is 0 Å². The van der Waals surface area contributed by atoms with Gasteiger partial charge in [-0.1, -0.05) is 12.2 Å². The van der Waals surface area contributed by atoms with Gasteiger partial charge < -0.3 is 4.74 Å². The summed E-state index contributed by atoms with van der Waals surface area (Å²) in [4.78, 5) is 0. The summed E-state index contributed by atoms with van der Waals surface area (Å²) in [7, 11) is 0. The summed E-state index contributed by atoms with van der Waals surface area (Å²) < 4.78 is 5.07. The van der Waals surface area contributed by atoms with E-state index in [1.807, 2.05) is 12.2 Å². The van der Waals surface area contributed by atoms with Gasteiger partial charge in [0.25, 0.3) is 0 Å². The van der Waals surface area contributed by atoms with E-state index in [-0.39, 0.29) is 5.57 Å². The van der Waals surface area contributed by atoms with E-state index in [0.29, 0.717) is 18.8 Å². The first kappa shape index (κ1) is 7.37. The molecule has 1 aliphatic heterocycles. The molecule has 0 aromatic heterocycles. The van der Waals surface area contributed by atoms with E-state index in [1.165, 1.54) is 0 Å². The first-order valence-electron chi connectivity index (χ1n) is 3.19. The maximum absolute atomic E-state index is 8.44. The first-order chi connectivity index (χ1) is 5.38. The van der Waals surface area contributed by atoms with Crippen molar-refractivity contribution >= 4 is 0 Å². The number of nitrogens with zero attached hydrogens (tertiary/aromatic N) is 2. The lowest BCUT2D eigenvalue weighted by molar-refractivity contribution is 0.232. The van der Waals surface area contributed by atoms with Crippen LogP contribution in [-0.4, -0.2) is 6.61 Å². The zero-order chi connectivity index (χ0) is 8.10. The summed E-state index contributed by atoms with van der Waals surface area (Å²) >= 11 is 0. The van der Waals surface area contributed by atoms with Crippen molar-refractivity contribution in [3.05, 3.63) is 23.5 Å². The lowest BCUT2D eigenvalue weighted by Crippen LogP contribution is -1.99. The fourth-order valence-electron chi connectivity index (χ4n) is 0.790. The largest absolute Gasteiger partial charge is 0.491 e. The molecule has 0 spiro atoms.